The second-order valence-electron chi connectivity index (χ2n) is 3.85. The van der Waals surface area contributed by atoms with Crippen molar-refractivity contribution < 1.29 is 9.59 Å². The van der Waals surface area contributed by atoms with E-state index in [9.17, 15) is 9.59 Å². The molecule has 1 aromatic heterocycles. The predicted octanol–water partition coefficient (Wildman–Crippen LogP) is 2.52. The first-order valence-corrected chi connectivity index (χ1v) is 6.50. The maximum atomic E-state index is 11.7. The summed E-state index contributed by atoms with van der Waals surface area (Å²) >= 11 is 1.48. The average Bonchev–Trinajstić information content (AvgIpc) is 2.84. The summed E-state index contributed by atoms with van der Waals surface area (Å²) < 4.78 is 0. The number of hydrogen-bond donors (Lipinski definition) is 3. The van der Waals surface area contributed by atoms with E-state index in [1.54, 1.807) is 23.6 Å². The van der Waals surface area contributed by atoms with Crippen LogP contribution in [0.3, 0.4) is 0 Å². The summed E-state index contributed by atoms with van der Waals surface area (Å²) in [5.41, 5.74) is 5.82. The van der Waals surface area contributed by atoms with Gasteiger partial charge in [-0.3, -0.25) is 10.2 Å². The minimum absolute atomic E-state index is 0.340. The summed E-state index contributed by atoms with van der Waals surface area (Å²) in [6, 6.07) is 10.2. The summed E-state index contributed by atoms with van der Waals surface area (Å²) in [6.45, 7) is 1.91. The molecule has 0 atom stereocenters. The number of nitrogens with one attached hydrogen (secondary N) is 3. The Morgan fingerprint density at radius 2 is 1.84 bits per heavy atom. The molecule has 98 valence electrons. The number of carbonyl (C=O) groups is 2. The molecular weight excluding hydrogens is 262 g/mol. The number of carbonyl (C=O) groups excluding carboxylic acids is 2. The van der Waals surface area contributed by atoms with Crippen LogP contribution in [-0.4, -0.2) is 11.9 Å². The Balaban J connectivity index is 1.82. The molecule has 0 spiro atoms. The Morgan fingerprint density at radius 3 is 2.47 bits per heavy atom. The van der Waals surface area contributed by atoms with E-state index in [0.29, 0.717) is 11.3 Å². The molecule has 3 amide bonds. The molecule has 0 aliphatic heterocycles. The number of benzene rings is 1. The molecule has 0 aliphatic carbocycles. The van der Waals surface area contributed by atoms with Gasteiger partial charge in [-0.15, -0.1) is 11.3 Å². The third kappa shape index (κ3) is 3.82. The van der Waals surface area contributed by atoms with Gasteiger partial charge in [-0.25, -0.2) is 10.2 Å². The predicted molar refractivity (Wildman–Crippen MR) is 75.1 cm³/mol. The van der Waals surface area contributed by atoms with Gasteiger partial charge in [0, 0.05) is 15.9 Å². The highest BCUT2D eigenvalue weighted by Gasteiger charge is 2.08. The number of hydrogen-bond acceptors (Lipinski definition) is 3. The second kappa shape index (κ2) is 6.01. The lowest BCUT2D eigenvalue weighted by atomic mass is 10.3. The van der Waals surface area contributed by atoms with E-state index in [0.717, 1.165) is 4.88 Å². The van der Waals surface area contributed by atoms with Crippen LogP contribution in [0.4, 0.5) is 10.5 Å². The number of amides is 3. The second-order valence-corrected chi connectivity index (χ2v) is 4.96. The lowest BCUT2D eigenvalue weighted by molar-refractivity contribution is 0.0938. The molecule has 5 nitrogen and oxygen atoms in total. The van der Waals surface area contributed by atoms with E-state index in [1.165, 1.54) is 11.3 Å². The zero-order chi connectivity index (χ0) is 13.7. The lowest BCUT2D eigenvalue weighted by Crippen LogP contribution is -2.43. The Bertz CT molecular complexity index is 581. The zero-order valence-corrected chi connectivity index (χ0v) is 11.1. The third-order valence-corrected chi connectivity index (χ3v) is 3.18. The molecule has 0 unspecified atom stereocenters. The van der Waals surface area contributed by atoms with Crippen molar-refractivity contribution >= 4 is 29.0 Å². The fraction of sp³-hybridized carbons (Fsp3) is 0.0769. The fourth-order valence-electron chi connectivity index (χ4n) is 1.43. The molecule has 0 aliphatic rings. The maximum absolute atomic E-state index is 11.7. The van der Waals surface area contributed by atoms with Crippen LogP contribution >= 0.6 is 11.3 Å². The molecule has 1 heterocycles. The van der Waals surface area contributed by atoms with Gasteiger partial charge in [-0.2, -0.15) is 0 Å². The number of para-hydroxylation sites is 1. The SMILES string of the molecule is Cc1cc(C(=O)NNC(=O)Nc2ccccc2)cs1. The molecule has 0 saturated heterocycles. The Hall–Kier alpha value is -2.34. The van der Waals surface area contributed by atoms with E-state index in [-0.39, 0.29) is 5.91 Å². The summed E-state index contributed by atoms with van der Waals surface area (Å²) in [4.78, 5) is 24.2. The van der Waals surface area contributed by atoms with Crippen LogP contribution in [0.15, 0.2) is 41.8 Å². The summed E-state index contributed by atoms with van der Waals surface area (Å²) in [6.07, 6.45) is 0. The van der Waals surface area contributed by atoms with Crippen molar-refractivity contribution in [2.24, 2.45) is 0 Å². The van der Waals surface area contributed by atoms with E-state index in [2.05, 4.69) is 16.2 Å². The van der Waals surface area contributed by atoms with Crippen LogP contribution in [0.5, 0.6) is 0 Å². The molecule has 6 heteroatoms. The number of rotatable bonds is 2. The van der Waals surface area contributed by atoms with Gasteiger partial charge in [0.1, 0.15) is 0 Å². The lowest BCUT2D eigenvalue weighted by Gasteiger charge is -2.08. The minimum atomic E-state index is -0.494. The summed E-state index contributed by atoms with van der Waals surface area (Å²) in [5.74, 6) is -0.340. The van der Waals surface area contributed by atoms with Crippen molar-refractivity contribution in [1.82, 2.24) is 10.9 Å². The highest BCUT2D eigenvalue weighted by Crippen LogP contribution is 2.12. The molecular formula is C13H13N3O2S. The fourth-order valence-corrected chi connectivity index (χ4v) is 2.12. The molecule has 19 heavy (non-hydrogen) atoms. The Labute approximate surface area is 114 Å². The Morgan fingerprint density at radius 1 is 1.11 bits per heavy atom. The molecule has 0 saturated carbocycles. The molecule has 0 radical (unpaired) electrons. The molecule has 2 aromatic rings. The largest absolute Gasteiger partial charge is 0.337 e. The van der Waals surface area contributed by atoms with Gasteiger partial charge in [0.25, 0.3) is 5.91 Å². The van der Waals surface area contributed by atoms with Crippen molar-refractivity contribution in [3.05, 3.63) is 52.2 Å². The highest BCUT2D eigenvalue weighted by molar-refractivity contribution is 7.10. The normalized spacial score (nSPS) is 9.74. The summed E-state index contributed by atoms with van der Waals surface area (Å²) in [5, 5.41) is 4.33. The quantitative estimate of drug-likeness (QED) is 0.737. The van der Waals surface area contributed by atoms with Crippen molar-refractivity contribution in [3.8, 4) is 0 Å². The topological polar surface area (TPSA) is 70.2 Å². The van der Waals surface area contributed by atoms with E-state index < -0.39 is 6.03 Å². The van der Waals surface area contributed by atoms with Gasteiger partial charge in [0.2, 0.25) is 0 Å². The first-order chi connectivity index (χ1) is 9.15. The number of thiophene rings is 1. The van der Waals surface area contributed by atoms with Gasteiger partial charge in [-0.1, -0.05) is 18.2 Å². The number of aryl methyl sites for hydroxylation is 1. The van der Waals surface area contributed by atoms with Crippen molar-refractivity contribution in [2.45, 2.75) is 6.92 Å². The van der Waals surface area contributed by atoms with Crippen LogP contribution in [0.2, 0.25) is 0 Å². The minimum Gasteiger partial charge on any atom is -0.307 e. The van der Waals surface area contributed by atoms with Gasteiger partial charge < -0.3 is 5.32 Å². The maximum Gasteiger partial charge on any atom is 0.337 e. The van der Waals surface area contributed by atoms with Crippen molar-refractivity contribution in [2.75, 3.05) is 5.32 Å². The Kier molecular flexibility index (Phi) is 4.15. The van der Waals surface area contributed by atoms with Crippen molar-refractivity contribution in [1.29, 1.82) is 0 Å². The van der Waals surface area contributed by atoms with Gasteiger partial charge >= 0.3 is 6.03 Å². The van der Waals surface area contributed by atoms with Crippen LogP contribution in [0.25, 0.3) is 0 Å². The van der Waals surface area contributed by atoms with E-state index in [4.69, 9.17) is 0 Å². The van der Waals surface area contributed by atoms with E-state index >= 15 is 0 Å². The number of urea groups is 1. The van der Waals surface area contributed by atoms with Gasteiger partial charge in [0.05, 0.1) is 5.56 Å². The van der Waals surface area contributed by atoms with Crippen LogP contribution < -0.4 is 16.2 Å². The van der Waals surface area contributed by atoms with E-state index in [1.807, 2.05) is 25.1 Å². The first-order valence-electron chi connectivity index (χ1n) is 5.62. The van der Waals surface area contributed by atoms with Gasteiger partial charge in [0.15, 0.2) is 0 Å². The molecule has 0 bridgehead atoms. The smallest absolute Gasteiger partial charge is 0.307 e. The van der Waals surface area contributed by atoms with Gasteiger partial charge in [-0.05, 0) is 25.1 Å². The standard InChI is InChI=1S/C13H13N3O2S/c1-9-7-10(8-19-9)12(17)15-16-13(18)14-11-5-3-2-4-6-11/h2-8H,1H3,(H,15,17)(H2,14,16,18). The van der Waals surface area contributed by atoms with Crippen LogP contribution in [0, 0.1) is 6.92 Å². The molecule has 0 fully saturated rings. The van der Waals surface area contributed by atoms with Crippen molar-refractivity contribution in [3.63, 3.8) is 0 Å². The average molecular weight is 275 g/mol. The highest BCUT2D eigenvalue weighted by atomic mass is 32.1. The zero-order valence-electron chi connectivity index (χ0n) is 10.3. The third-order valence-electron chi connectivity index (χ3n) is 2.31. The number of hydrazine groups is 1. The first kappa shape index (κ1) is 13.1. The van der Waals surface area contributed by atoms with Crippen LogP contribution in [0.1, 0.15) is 15.2 Å². The molecule has 1 aromatic carbocycles. The summed E-state index contributed by atoms with van der Waals surface area (Å²) in [7, 11) is 0. The van der Waals surface area contributed by atoms with Crippen LogP contribution in [-0.2, 0) is 0 Å². The number of anilines is 1. The molecule has 2 rings (SSSR count). The monoisotopic (exact) mass is 275 g/mol. The molecule has 3 N–H and O–H groups in total.